The minimum atomic E-state index is -0.599. The number of fused-ring (bicyclic) bond motifs is 15. The van der Waals surface area contributed by atoms with E-state index in [1.165, 1.54) is 159 Å². The lowest BCUT2D eigenvalue weighted by Gasteiger charge is -2.61. The zero-order valence-corrected chi connectivity index (χ0v) is 47.9. The molecule has 0 atom stereocenters. The first-order valence-corrected chi connectivity index (χ1v) is 31.4. The number of hydrogen-bond acceptors (Lipinski definition) is 1. The van der Waals surface area contributed by atoms with Gasteiger partial charge in [0, 0.05) is 22.5 Å². The molecule has 406 valence electrons. The Bertz CT molecular complexity index is 4800. The van der Waals surface area contributed by atoms with Gasteiger partial charge in [0.25, 0.3) is 0 Å². The fourth-order valence-electron chi connectivity index (χ4n) is 18.7. The Morgan fingerprint density at radius 3 is 1.33 bits per heavy atom. The van der Waals surface area contributed by atoms with Crippen LogP contribution in [0, 0.1) is 23.7 Å². The fraction of sp³-hybridized carbons (Fsp3) is 0.129. The number of benzene rings is 13. The van der Waals surface area contributed by atoms with Crippen molar-refractivity contribution in [3.63, 3.8) is 0 Å². The largest absolute Gasteiger partial charge is 0.310 e. The highest BCUT2D eigenvalue weighted by Gasteiger charge is 2.61. The first-order chi connectivity index (χ1) is 42.6. The van der Waals surface area contributed by atoms with E-state index >= 15 is 0 Å². The molecule has 7 aliphatic rings. The van der Waals surface area contributed by atoms with Gasteiger partial charge >= 0.3 is 0 Å². The smallest absolute Gasteiger partial charge is 0.0726 e. The van der Waals surface area contributed by atoms with Crippen molar-refractivity contribution in [2.24, 2.45) is 23.7 Å². The van der Waals surface area contributed by atoms with E-state index in [2.05, 4.69) is 290 Å². The van der Waals surface area contributed by atoms with Gasteiger partial charge in [0.15, 0.2) is 0 Å². The summed E-state index contributed by atoms with van der Waals surface area (Å²) in [5.74, 6) is 3.18. The van der Waals surface area contributed by atoms with Crippen molar-refractivity contribution in [3.8, 4) is 77.9 Å². The lowest BCUT2D eigenvalue weighted by molar-refractivity contribution is -0.0399. The molecule has 7 aliphatic carbocycles. The van der Waals surface area contributed by atoms with Gasteiger partial charge in [0.1, 0.15) is 0 Å². The molecular formula is C85H61N. The highest BCUT2D eigenvalue weighted by Crippen LogP contribution is 2.70. The molecule has 20 rings (SSSR count). The summed E-state index contributed by atoms with van der Waals surface area (Å²) in [7, 11) is 0. The Morgan fingerprint density at radius 1 is 0.244 bits per heavy atom. The van der Waals surface area contributed by atoms with E-state index in [0.717, 1.165) is 23.2 Å². The molecule has 4 bridgehead atoms. The zero-order valence-electron chi connectivity index (χ0n) is 47.9. The summed E-state index contributed by atoms with van der Waals surface area (Å²) in [4.78, 5) is 2.59. The Labute approximate surface area is 503 Å². The van der Waals surface area contributed by atoms with E-state index in [0.29, 0.717) is 11.8 Å². The predicted octanol–water partition coefficient (Wildman–Crippen LogP) is 22.2. The number of nitrogens with zero attached hydrogens (tertiary/aromatic N) is 1. The molecule has 0 aromatic heterocycles. The van der Waals surface area contributed by atoms with Crippen LogP contribution < -0.4 is 4.90 Å². The maximum Gasteiger partial charge on any atom is 0.0726 e. The molecule has 4 fully saturated rings. The standard InChI is InChI=1S/C85H61N/c1-2-15-55(16-3-1)56-31-33-57(34-32-56)60-21-12-22-65(48-60)86(66-38-42-80-77(51-66)73-26-9-10-29-78(73)84(80)63-44-53-43-54(46-63)47-64(84)45-53)67-37-39-74-72-25-8-11-30-79(72)85(83(74)52-67)81-40-35-61(70-27-13-19-58-17-4-6-23-68(58)70)49-75(81)76-50-62(36-41-82(76)85)71-28-14-20-59-18-5-7-24-69(59)71/h1-42,48-54,63-64H,43-47H2. The second-order valence-corrected chi connectivity index (χ2v) is 25.9. The minimum absolute atomic E-state index is 0.0878. The summed E-state index contributed by atoms with van der Waals surface area (Å²) >= 11 is 0. The molecule has 2 spiro atoms. The number of rotatable bonds is 7. The third-order valence-corrected chi connectivity index (χ3v) is 21.9. The van der Waals surface area contributed by atoms with Crippen LogP contribution in [0.1, 0.15) is 65.5 Å². The molecule has 13 aromatic carbocycles. The summed E-state index contributed by atoms with van der Waals surface area (Å²) in [6.07, 6.45) is 6.93. The topological polar surface area (TPSA) is 3.24 Å². The maximum atomic E-state index is 2.60. The summed E-state index contributed by atoms with van der Waals surface area (Å²) in [6, 6.07) is 109. The van der Waals surface area contributed by atoms with Crippen molar-refractivity contribution in [1.29, 1.82) is 0 Å². The lowest BCUT2D eigenvalue weighted by atomic mass is 9.43. The van der Waals surface area contributed by atoms with Gasteiger partial charge in [0.2, 0.25) is 0 Å². The van der Waals surface area contributed by atoms with Gasteiger partial charge in [-0.25, -0.2) is 0 Å². The SMILES string of the molecule is c1ccc(-c2ccc(-c3cccc(N(c4ccc5c(c4)-c4ccccc4C54C5CC6CC(C5)CC4C6)c4ccc5c(c4)C4(c6ccccc6-5)c5ccc(-c6cccc7ccccc67)cc5-c5cc(-c6cccc7ccccc67)ccc54)c3)cc2)cc1. The van der Waals surface area contributed by atoms with Crippen LogP contribution in [0.25, 0.3) is 99.4 Å². The Morgan fingerprint density at radius 2 is 0.663 bits per heavy atom. The maximum absolute atomic E-state index is 2.60. The van der Waals surface area contributed by atoms with Gasteiger partial charge < -0.3 is 4.90 Å². The molecule has 86 heavy (non-hydrogen) atoms. The third kappa shape index (κ3) is 6.77. The number of hydrogen-bond donors (Lipinski definition) is 0. The molecule has 4 saturated carbocycles. The third-order valence-electron chi connectivity index (χ3n) is 21.9. The molecular weight excluding hydrogens is 1030 g/mol. The van der Waals surface area contributed by atoms with Crippen LogP contribution in [-0.2, 0) is 10.8 Å². The highest BCUT2D eigenvalue weighted by atomic mass is 15.1. The second kappa shape index (κ2) is 18.3. The van der Waals surface area contributed by atoms with E-state index in [9.17, 15) is 0 Å². The molecule has 0 heterocycles. The van der Waals surface area contributed by atoms with Gasteiger partial charge in [-0.1, -0.05) is 237 Å². The minimum Gasteiger partial charge on any atom is -0.310 e. The summed E-state index contributed by atoms with van der Waals surface area (Å²) in [5, 5.41) is 5.04. The first kappa shape index (κ1) is 48.5. The molecule has 0 unspecified atom stereocenters. The Kier molecular flexibility index (Phi) is 10.4. The van der Waals surface area contributed by atoms with E-state index < -0.39 is 5.41 Å². The lowest BCUT2D eigenvalue weighted by Crippen LogP contribution is -2.55. The second-order valence-electron chi connectivity index (χ2n) is 25.9. The summed E-state index contributed by atoms with van der Waals surface area (Å²) in [5.41, 5.74) is 29.3. The van der Waals surface area contributed by atoms with Crippen LogP contribution >= 0.6 is 0 Å². The quantitative estimate of drug-likeness (QED) is 0.154. The Hall–Kier alpha value is -9.82. The van der Waals surface area contributed by atoms with Gasteiger partial charge in [0.05, 0.1) is 5.41 Å². The van der Waals surface area contributed by atoms with Crippen molar-refractivity contribution < 1.29 is 0 Å². The molecule has 1 nitrogen and oxygen atoms in total. The van der Waals surface area contributed by atoms with Gasteiger partial charge in [-0.3, -0.25) is 0 Å². The van der Waals surface area contributed by atoms with Crippen LogP contribution in [0.5, 0.6) is 0 Å². The predicted molar refractivity (Wildman–Crippen MR) is 357 cm³/mol. The van der Waals surface area contributed by atoms with Crippen LogP contribution in [0.2, 0.25) is 0 Å². The molecule has 1 heteroatoms. The normalized spacial score (nSPS) is 20.0. The summed E-state index contributed by atoms with van der Waals surface area (Å²) in [6.45, 7) is 0. The molecule has 0 amide bonds. The van der Waals surface area contributed by atoms with Crippen LogP contribution in [-0.4, -0.2) is 0 Å². The van der Waals surface area contributed by atoms with Crippen molar-refractivity contribution in [1.82, 2.24) is 0 Å². The molecule has 0 saturated heterocycles. The first-order valence-electron chi connectivity index (χ1n) is 31.4. The van der Waals surface area contributed by atoms with Crippen LogP contribution in [0.4, 0.5) is 17.1 Å². The number of anilines is 3. The van der Waals surface area contributed by atoms with Gasteiger partial charge in [-0.15, -0.1) is 0 Å². The highest BCUT2D eigenvalue weighted by molar-refractivity contribution is 6.03. The van der Waals surface area contributed by atoms with Crippen LogP contribution in [0.15, 0.2) is 285 Å². The Balaban J connectivity index is 0.834. The van der Waals surface area contributed by atoms with Gasteiger partial charge in [-0.2, -0.15) is 0 Å². The van der Waals surface area contributed by atoms with Crippen molar-refractivity contribution in [3.05, 3.63) is 318 Å². The van der Waals surface area contributed by atoms with Crippen LogP contribution in [0.3, 0.4) is 0 Å². The molecule has 13 aromatic rings. The fourth-order valence-corrected chi connectivity index (χ4v) is 18.7. The average molecular weight is 1100 g/mol. The molecule has 0 radical (unpaired) electrons. The average Bonchev–Trinajstić information content (AvgIpc) is 1.50. The van der Waals surface area contributed by atoms with Gasteiger partial charge in [-0.05, 0) is 237 Å². The molecule has 0 N–H and O–H groups in total. The van der Waals surface area contributed by atoms with E-state index in [1.807, 2.05) is 0 Å². The molecule has 0 aliphatic heterocycles. The van der Waals surface area contributed by atoms with E-state index in [-0.39, 0.29) is 5.41 Å². The summed E-state index contributed by atoms with van der Waals surface area (Å²) < 4.78 is 0. The van der Waals surface area contributed by atoms with Crippen molar-refractivity contribution >= 4 is 38.6 Å². The van der Waals surface area contributed by atoms with E-state index in [4.69, 9.17) is 0 Å². The van der Waals surface area contributed by atoms with E-state index in [1.54, 1.807) is 11.1 Å². The zero-order chi connectivity index (χ0) is 56.2. The van der Waals surface area contributed by atoms with Crippen molar-refractivity contribution in [2.45, 2.75) is 42.9 Å². The monoisotopic (exact) mass is 1100 g/mol. The van der Waals surface area contributed by atoms with Crippen molar-refractivity contribution in [2.75, 3.05) is 4.90 Å².